The second kappa shape index (κ2) is 11.6. The van der Waals surface area contributed by atoms with E-state index in [2.05, 4.69) is 10.2 Å². The van der Waals surface area contributed by atoms with Crippen molar-refractivity contribution in [2.45, 2.75) is 82.0 Å². The number of nitrogens with one attached hydrogen (secondary N) is 1. The molecule has 0 saturated heterocycles. The van der Waals surface area contributed by atoms with E-state index in [1.165, 1.54) is 0 Å². The summed E-state index contributed by atoms with van der Waals surface area (Å²) in [4.78, 5) is 28.8. The summed E-state index contributed by atoms with van der Waals surface area (Å²) in [6, 6.07) is 23.4. The first kappa shape index (κ1) is 28.5. The Morgan fingerprint density at radius 1 is 0.833 bits per heavy atom. The standard InChI is InChI=1S/C35H37F3N2O2/c36-35(37,38)23-39-33(42)34(30-17-5-3-15-28(30)29-16-4-6-18-31(29)34)21-8-7-10-24-11-9-13-26(20-19-24)40-22-25-12-1-2-14-27(25)32(40)41/h1-6,12,14-18,24,26H,7-11,13,19-23H2,(H,39,42). The zero-order valence-corrected chi connectivity index (χ0v) is 23.8. The Hall–Kier alpha value is -3.61. The van der Waals surface area contributed by atoms with Gasteiger partial charge in [0.1, 0.15) is 12.0 Å². The minimum Gasteiger partial charge on any atom is -0.346 e. The number of unbranched alkanes of at least 4 members (excludes halogenated alkanes) is 1. The molecule has 1 saturated carbocycles. The van der Waals surface area contributed by atoms with Gasteiger partial charge in [0.2, 0.25) is 5.91 Å². The van der Waals surface area contributed by atoms with Crippen LogP contribution in [0.5, 0.6) is 0 Å². The molecule has 1 heterocycles. The minimum absolute atomic E-state index is 0.153. The second-order valence-electron chi connectivity index (χ2n) is 12.2. The summed E-state index contributed by atoms with van der Waals surface area (Å²) in [6.45, 7) is -0.641. The van der Waals surface area contributed by atoms with Gasteiger partial charge in [0, 0.05) is 18.2 Å². The van der Waals surface area contributed by atoms with Gasteiger partial charge in [-0.25, -0.2) is 0 Å². The lowest BCUT2D eigenvalue weighted by Crippen LogP contribution is -2.47. The Morgan fingerprint density at radius 2 is 1.48 bits per heavy atom. The molecule has 220 valence electrons. The number of hydrogen-bond acceptors (Lipinski definition) is 2. The number of amides is 2. The van der Waals surface area contributed by atoms with Crippen LogP contribution >= 0.6 is 0 Å². The molecule has 3 aliphatic rings. The molecule has 2 atom stereocenters. The van der Waals surface area contributed by atoms with Crippen LogP contribution in [0.3, 0.4) is 0 Å². The third-order valence-electron chi connectivity index (χ3n) is 9.66. The zero-order chi connectivity index (χ0) is 29.3. The van der Waals surface area contributed by atoms with E-state index in [0.29, 0.717) is 18.9 Å². The molecule has 3 aromatic rings. The number of alkyl halides is 3. The molecule has 2 amide bonds. The minimum atomic E-state index is -4.48. The van der Waals surface area contributed by atoms with E-state index in [1.54, 1.807) is 0 Å². The summed E-state index contributed by atoms with van der Waals surface area (Å²) >= 11 is 0. The summed E-state index contributed by atoms with van der Waals surface area (Å²) in [5.74, 6) is 0.124. The molecule has 0 aromatic heterocycles. The summed E-state index contributed by atoms with van der Waals surface area (Å²) in [7, 11) is 0. The van der Waals surface area contributed by atoms with Gasteiger partial charge in [0.15, 0.2) is 0 Å². The molecule has 0 spiro atoms. The molecule has 1 N–H and O–H groups in total. The van der Waals surface area contributed by atoms with Gasteiger partial charge >= 0.3 is 6.18 Å². The average Bonchev–Trinajstić information content (AvgIpc) is 3.35. The highest BCUT2D eigenvalue weighted by Gasteiger charge is 2.49. The first-order valence-electron chi connectivity index (χ1n) is 15.2. The summed E-state index contributed by atoms with van der Waals surface area (Å²) < 4.78 is 39.4. The molecule has 0 radical (unpaired) electrons. The lowest BCUT2D eigenvalue weighted by atomic mass is 9.73. The maximum absolute atomic E-state index is 13.7. The van der Waals surface area contributed by atoms with E-state index in [1.807, 2.05) is 72.8 Å². The van der Waals surface area contributed by atoms with Crippen LogP contribution in [0.2, 0.25) is 0 Å². The summed E-state index contributed by atoms with van der Waals surface area (Å²) in [5.41, 5.74) is 4.23. The molecule has 2 aliphatic carbocycles. The lowest BCUT2D eigenvalue weighted by molar-refractivity contribution is -0.141. The number of hydrogen-bond donors (Lipinski definition) is 1. The van der Waals surface area contributed by atoms with Crippen molar-refractivity contribution in [3.63, 3.8) is 0 Å². The molecular weight excluding hydrogens is 537 g/mol. The van der Waals surface area contributed by atoms with Crippen molar-refractivity contribution in [1.82, 2.24) is 10.2 Å². The Kier molecular flexibility index (Phi) is 7.86. The number of fused-ring (bicyclic) bond motifs is 4. The Balaban J connectivity index is 1.11. The van der Waals surface area contributed by atoms with Crippen molar-refractivity contribution in [2.75, 3.05) is 6.54 Å². The molecule has 6 rings (SSSR count). The quantitative estimate of drug-likeness (QED) is 0.221. The highest BCUT2D eigenvalue weighted by atomic mass is 19.4. The van der Waals surface area contributed by atoms with Crippen molar-refractivity contribution < 1.29 is 22.8 Å². The van der Waals surface area contributed by atoms with Gasteiger partial charge in [0.25, 0.3) is 5.91 Å². The third-order valence-corrected chi connectivity index (χ3v) is 9.66. The topological polar surface area (TPSA) is 49.4 Å². The van der Waals surface area contributed by atoms with Crippen LogP contribution in [-0.4, -0.2) is 35.5 Å². The fourth-order valence-corrected chi connectivity index (χ4v) is 7.64. The van der Waals surface area contributed by atoms with Gasteiger partial charge in [-0.3, -0.25) is 9.59 Å². The van der Waals surface area contributed by atoms with Crippen molar-refractivity contribution in [1.29, 1.82) is 0 Å². The molecule has 4 nitrogen and oxygen atoms in total. The molecule has 1 aliphatic heterocycles. The number of benzene rings is 3. The average molecular weight is 575 g/mol. The van der Waals surface area contributed by atoms with Crippen LogP contribution in [0.25, 0.3) is 11.1 Å². The van der Waals surface area contributed by atoms with Crippen LogP contribution in [0.4, 0.5) is 13.2 Å². The van der Waals surface area contributed by atoms with Gasteiger partial charge in [0.05, 0.1) is 0 Å². The van der Waals surface area contributed by atoms with Gasteiger partial charge in [-0.05, 0) is 65.5 Å². The number of halogens is 3. The van der Waals surface area contributed by atoms with Crippen molar-refractivity contribution in [3.8, 4) is 11.1 Å². The predicted molar refractivity (Wildman–Crippen MR) is 157 cm³/mol. The molecule has 3 aromatic carbocycles. The van der Waals surface area contributed by atoms with Crippen LogP contribution in [0.15, 0.2) is 72.8 Å². The molecule has 2 unspecified atom stereocenters. The number of nitrogens with zero attached hydrogens (tertiary/aromatic N) is 1. The SMILES string of the molecule is O=C1c2ccccc2CN1C1CCCC(CCCCC2(C(=O)NCC(F)(F)F)c3ccccc3-c3ccccc32)CC1. The first-order chi connectivity index (χ1) is 20.3. The highest BCUT2D eigenvalue weighted by Crippen LogP contribution is 2.51. The fraction of sp³-hybridized carbons (Fsp3) is 0.429. The molecule has 0 bridgehead atoms. The van der Waals surface area contributed by atoms with E-state index in [0.717, 1.165) is 84.7 Å². The van der Waals surface area contributed by atoms with Crippen molar-refractivity contribution in [2.24, 2.45) is 5.92 Å². The maximum atomic E-state index is 13.7. The monoisotopic (exact) mass is 574 g/mol. The zero-order valence-electron chi connectivity index (χ0n) is 23.8. The summed E-state index contributed by atoms with van der Waals surface area (Å²) in [5, 5.41) is 2.23. The highest BCUT2D eigenvalue weighted by molar-refractivity contribution is 6.00. The largest absolute Gasteiger partial charge is 0.405 e. The van der Waals surface area contributed by atoms with Gasteiger partial charge in [-0.1, -0.05) is 98.8 Å². The Labute approximate surface area is 245 Å². The van der Waals surface area contributed by atoms with E-state index < -0.39 is 24.0 Å². The Bertz CT molecular complexity index is 1420. The first-order valence-corrected chi connectivity index (χ1v) is 15.2. The van der Waals surface area contributed by atoms with Crippen LogP contribution in [0, 0.1) is 5.92 Å². The smallest absolute Gasteiger partial charge is 0.346 e. The number of carbonyl (C=O) groups excluding carboxylic acids is 2. The molecular formula is C35H37F3N2O2. The van der Waals surface area contributed by atoms with E-state index >= 15 is 0 Å². The van der Waals surface area contributed by atoms with Gasteiger partial charge in [-0.2, -0.15) is 13.2 Å². The fourth-order valence-electron chi connectivity index (χ4n) is 7.64. The van der Waals surface area contributed by atoms with Crippen LogP contribution in [0.1, 0.15) is 84.8 Å². The van der Waals surface area contributed by atoms with Crippen molar-refractivity contribution in [3.05, 3.63) is 95.1 Å². The Morgan fingerprint density at radius 3 is 2.14 bits per heavy atom. The normalized spacial score (nSPS) is 20.9. The lowest BCUT2D eigenvalue weighted by Gasteiger charge is -2.31. The van der Waals surface area contributed by atoms with Gasteiger partial charge < -0.3 is 10.2 Å². The van der Waals surface area contributed by atoms with Crippen molar-refractivity contribution >= 4 is 11.8 Å². The van der Waals surface area contributed by atoms with Crippen LogP contribution < -0.4 is 5.32 Å². The number of rotatable bonds is 8. The van der Waals surface area contributed by atoms with Gasteiger partial charge in [-0.15, -0.1) is 0 Å². The molecule has 42 heavy (non-hydrogen) atoms. The molecule has 7 heteroatoms. The van der Waals surface area contributed by atoms with E-state index in [9.17, 15) is 22.8 Å². The second-order valence-corrected chi connectivity index (χ2v) is 12.2. The third kappa shape index (κ3) is 5.34. The number of carbonyl (C=O) groups is 2. The summed E-state index contributed by atoms with van der Waals surface area (Å²) in [6.07, 6.45) is 3.92. The van der Waals surface area contributed by atoms with E-state index in [4.69, 9.17) is 0 Å². The predicted octanol–water partition coefficient (Wildman–Crippen LogP) is 7.80. The maximum Gasteiger partial charge on any atom is 0.405 e. The molecule has 1 fully saturated rings. The van der Waals surface area contributed by atoms with E-state index in [-0.39, 0.29) is 11.9 Å². The van der Waals surface area contributed by atoms with Crippen LogP contribution in [-0.2, 0) is 16.8 Å².